The summed E-state index contributed by atoms with van der Waals surface area (Å²) in [5.74, 6) is 1.18. The maximum atomic E-state index is 12.2. The summed E-state index contributed by atoms with van der Waals surface area (Å²) in [5.41, 5.74) is 1.78. The van der Waals surface area contributed by atoms with Crippen LogP contribution in [-0.2, 0) is 13.6 Å². The van der Waals surface area contributed by atoms with E-state index < -0.39 is 0 Å². The third-order valence-electron chi connectivity index (χ3n) is 3.39. The first-order valence-electron chi connectivity index (χ1n) is 6.60. The number of hydrogen-bond donors (Lipinski definition) is 1. The molecule has 0 saturated heterocycles. The minimum absolute atomic E-state index is 0.121. The van der Waals surface area contributed by atoms with Crippen molar-refractivity contribution in [1.82, 2.24) is 20.1 Å². The van der Waals surface area contributed by atoms with Gasteiger partial charge in [0.05, 0.1) is 22.8 Å². The molecule has 0 saturated carbocycles. The van der Waals surface area contributed by atoms with Gasteiger partial charge in [-0.05, 0) is 26.8 Å². The first-order chi connectivity index (χ1) is 9.95. The fraction of sp³-hybridized carbons (Fsp3) is 0.357. The van der Waals surface area contributed by atoms with Crippen molar-refractivity contribution in [3.05, 3.63) is 34.0 Å². The van der Waals surface area contributed by atoms with E-state index in [0.29, 0.717) is 17.3 Å². The van der Waals surface area contributed by atoms with Crippen LogP contribution in [0.4, 0.5) is 0 Å². The van der Waals surface area contributed by atoms with Crippen LogP contribution >= 0.6 is 11.3 Å². The van der Waals surface area contributed by atoms with E-state index in [0.717, 1.165) is 27.4 Å². The van der Waals surface area contributed by atoms with Crippen LogP contribution in [0.25, 0.3) is 10.2 Å². The van der Waals surface area contributed by atoms with Crippen LogP contribution in [0.3, 0.4) is 0 Å². The molecule has 0 spiro atoms. The summed E-state index contributed by atoms with van der Waals surface area (Å²) in [6.45, 7) is 5.97. The summed E-state index contributed by atoms with van der Waals surface area (Å²) >= 11 is 1.43. The van der Waals surface area contributed by atoms with Crippen LogP contribution in [0.2, 0.25) is 0 Å². The quantitative estimate of drug-likeness (QED) is 0.807. The summed E-state index contributed by atoms with van der Waals surface area (Å²) < 4.78 is 7.24. The highest BCUT2D eigenvalue weighted by Crippen LogP contribution is 2.27. The average molecular weight is 304 g/mol. The number of carbonyl (C=O) groups excluding carboxylic acids is 1. The van der Waals surface area contributed by atoms with Gasteiger partial charge >= 0.3 is 0 Å². The zero-order valence-electron chi connectivity index (χ0n) is 12.4. The Bertz CT molecular complexity index is 774. The maximum Gasteiger partial charge on any atom is 0.261 e. The molecule has 0 aliphatic carbocycles. The zero-order valence-corrected chi connectivity index (χ0v) is 13.2. The smallest absolute Gasteiger partial charge is 0.261 e. The van der Waals surface area contributed by atoms with Gasteiger partial charge in [-0.15, -0.1) is 11.3 Å². The number of hydrogen-bond acceptors (Lipinski definition) is 5. The Kier molecular flexibility index (Phi) is 3.29. The molecule has 6 nitrogen and oxygen atoms in total. The van der Waals surface area contributed by atoms with Gasteiger partial charge in [-0.3, -0.25) is 9.48 Å². The second-order valence-corrected chi connectivity index (χ2v) is 6.00. The van der Waals surface area contributed by atoms with Crippen LogP contribution in [-0.4, -0.2) is 20.7 Å². The van der Waals surface area contributed by atoms with Gasteiger partial charge in [-0.1, -0.05) is 0 Å². The van der Waals surface area contributed by atoms with Crippen molar-refractivity contribution in [3.8, 4) is 0 Å². The van der Waals surface area contributed by atoms with Gasteiger partial charge in [-0.2, -0.15) is 5.10 Å². The highest BCUT2D eigenvalue weighted by molar-refractivity contribution is 7.20. The molecular formula is C14H16N4O2S. The number of amides is 1. The number of rotatable bonds is 3. The number of nitrogens with zero attached hydrogens (tertiary/aromatic N) is 3. The molecule has 0 atom stereocenters. The molecule has 3 rings (SSSR count). The van der Waals surface area contributed by atoms with Gasteiger partial charge < -0.3 is 9.73 Å². The topological polar surface area (TPSA) is 73.0 Å². The second-order valence-electron chi connectivity index (χ2n) is 4.97. The molecule has 0 aliphatic rings. The monoisotopic (exact) mass is 304 g/mol. The summed E-state index contributed by atoms with van der Waals surface area (Å²) in [6.07, 6.45) is 0. The number of thiophene rings is 1. The number of nitrogens with one attached hydrogen (secondary N) is 1. The van der Waals surface area contributed by atoms with Gasteiger partial charge in [0.15, 0.2) is 0 Å². The lowest BCUT2D eigenvalue weighted by atomic mass is 10.3. The Labute approximate surface area is 125 Å². The number of aromatic nitrogens is 3. The molecule has 0 aliphatic heterocycles. The van der Waals surface area contributed by atoms with Crippen molar-refractivity contribution < 1.29 is 9.21 Å². The third kappa shape index (κ3) is 2.44. The van der Waals surface area contributed by atoms with Crippen molar-refractivity contribution in [2.45, 2.75) is 27.3 Å². The molecule has 3 aromatic rings. The summed E-state index contributed by atoms with van der Waals surface area (Å²) in [5, 5.41) is 8.18. The number of carbonyl (C=O) groups is 1. The van der Waals surface area contributed by atoms with Crippen molar-refractivity contribution in [3.63, 3.8) is 0 Å². The van der Waals surface area contributed by atoms with Gasteiger partial charge in [0.1, 0.15) is 10.6 Å². The van der Waals surface area contributed by atoms with Crippen LogP contribution in [0.15, 0.2) is 10.5 Å². The van der Waals surface area contributed by atoms with Gasteiger partial charge in [0.2, 0.25) is 5.89 Å². The van der Waals surface area contributed by atoms with E-state index in [2.05, 4.69) is 15.4 Å². The SMILES string of the molecule is Cc1nc(CNC(=O)c2cc3c(C)nn(C)c3s2)oc1C. The molecule has 0 radical (unpaired) electrons. The summed E-state index contributed by atoms with van der Waals surface area (Å²) in [7, 11) is 1.88. The van der Waals surface area contributed by atoms with E-state index in [1.54, 1.807) is 4.68 Å². The molecule has 7 heteroatoms. The lowest BCUT2D eigenvalue weighted by Crippen LogP contribution is -2.21. The minimum Gasteiger partial charge on any atom is -0.444 e. The van der Waals surface area contributed by atoms with Crippen LogP contribution < -0.4 is 5.32 Å². The van der Waals surface area contributed by atoms with Crippen molar-refractivity contribution in [2.24, 2.45) is 7.05 Å². The Morgan fingerprint density at radius 3 is 2.76 bits per heavy atom. The largest absolute Gasteiger partial charge is 0.444 e. The van der Waals surface area contributed by atoms with E-state index >= 15 is 0 Å². The molecule has 3 heterocycles. The molecule has 0 fully saturated rings. The van der Waals surface area contributed by atoms with Crippen molar-refractivity contribution in [2.75, 3.05) is 0 Å². The lowest BCUT2D eigenvalue weighted by Gasteiger charge is -1.99. The first kappa shape index (κ1) is 13.8. The van der Waals surface area contributed by atoms with Gasteiger partial charge in [0.25, 0.3) is 5.91 Å². The maximum absolute atomic E-state index is 12.2. The lowest BCUT2D eigenvalue weighted by molar-refractivity contribution is 0.0951. The Balaban J connectivity index is 1.76. The fourth-order valence-electron chi connectivity index (χ4n) is 2.17. The molecular weight excluding hydrogens is 288 g/mol. The molecule has 0 bridgehead atoms. The van der Waals surface area contributed by atoms with E-state index in [1.807, 2.05) is 33.9 Å². The van der Waals surface area contributed by atoms with Crippen LogP contribution in [0, 0.1) is 20.8 Å². The highest BCUT2D eigenvalue weighted by Gasteiger charge is 2.15. The highest BCUT2D eigenvalue weighted by atomic mass is 32.1. The Morgan fingerprint density at radius 2 is 2.14 bits per heavy atom. The van der Waals surface area contributed by atoms with Crippen molar-refractivity contribution in [1.29, 1.82) is 0 Å². The molecule has 3 aromatic heterocycles. The number of oxazole rings is 1. The molecule has 1 N–H and O–H groups in total. The predicted molar refractivity (Wildman–Crippen MR) is 80.5 cm³/mol. The van der Waals surface area contributed by atoms with E-state index in [9.17, 15) is 4.79 Å². The summed E-state index contributed by atoms with van der Waals surface area (Å²) in [6, 6.07) is 1.88. The molecule has 21 heavy (non-hydrogen) atoms. The Hall–Kier alpha value is -2.15. The minimum atomic E-state index is -0.121. The second kappa shape index (κ2) is 5.00. The molecule has 1 amide bonds. The molecule has 0 aromatic carbocycles. The number of fused-ring (bicyclic) bond motifs is 1. The van der Waals surface area contributed by atoms with E-state index in [-0.39, 0.29) is 5.91 Å². The number of aryl methyl sites for hydroxylation is 4. The van der Waals surface area contributed by atoms with Crippen molar-refractivity contribution >= 4 is 27.5 Å². The Morgan fingerprint density at radius 1 is 1.38 bits per heavy atom. The van der Waals surface area contributed by atoms with E-state index in [1.165, 1.54) is 11.3 Å². The third-order valence-corrected chi connectivity index (χ3v) is 4.59. The normalized spacial score (nSPS) is 11.2. The van der Waals surface area contributed by atoms with Crippen LogP contribution in [0.1, 0.15) is 32.7 Å². The predicted octanol–water partition coefficient (Wildman–Crippen LogP) is 2.48. The summed E-state index contributed by atoms with van der Waals surface area (Å²) in [4.78, 5) is 18.1. The van der Waals surface area contributed by atoms with Gasteiger partial charge in [0, 0.05) is 12.4 Å². The van der Waals surface area contributed by atoms with Crippen LogP contribution in [0.5, 0.6) is 0 Å². The molecule has 110 valence electrons. The standard InChI is InChI=1S/C14H16N4O2S/c1-7-9(3)20-12(16-7)6-15-13(19)11-5-10-8(2)17-18(4)14(10)21-11/h5H,6H2,1-4H3,(H,15,19). The zero-order chi connectivity index (χ0) is 15.1. The molecule has 0 unspecified atom stereocenters. The average Bonchev–Trinajstić information content (AvgIpc) is 3.07. The first-order valence-corrected chi connectivity index (χ1v) is 7.41. The van der Waals surface area contributed by atoms with E-state index in [4.69, 9.17) is 4.42 Å². The van der Waals surface area contributed by atoms with Gasteiger partial charge in [-0.25, -0.2) is 4.98 Å². The fourth-order valence-corrected chi connectivity index (χ4v) is 3.21.